The summed E-state index contributed by atoms with van der Waals surface area (Å²) in [5.74, 6) is -1.54. The largest absolute Gasteiger partial charge is 0.481 e. The highest BCUT2D eigenvalue weighted by Gasteiger charge is 2.37. The van der Waals surface area contributed by atoms with E-state index in [9.17, 15) is 9.59 Å². The molecule has 0 saturated carbocycles. The zero-order valence-electron chi connectivity index (χ0n) is 8.39. The Balaban J connectivity index is 1.97. The molecule has 2 saturated heterocycles. The van der Waals surface area contributed by atoms with Gasteiger partial charge in [0.1, 0.15) is 0 Å². The fourth-order valence-electron chi connectivity index (χ4n) is 1.93. The molecule has 0 aliphatic carbocycles. The number of carbonyl (C=O) groups excluding carboxylic acids is 1. The van der Waals surface area contributed by atoms with Crippen molar-refractivity contribution in [3.63, 3.8) is 0 Å². The number of nitrogens with zero attached hydrogens (tertiary/aromatic N) is 2. The molecule has 2 aliphatic heterocycles. The van der Waals surface area contributed by atoms with Crippen LogP contribution in [0.5, 0.6) is 0 Å². The maximum absolute atomic E-state index is 11.6. The third-order valence-corrected chi connectivity index (χ3v) is 2.78. The lowest BCUT2D eigenvalue weighted by molar-refractivity contribution is -0.150. The first kappa shape index (κ1) is 10.4. The second-order valence-electron chi connectivity index (χ2n) is 3.78. The minimum absolute atomic E-state index is 0.0932. The smallest absolute Gasteiger partial charge is 0.308 e. The third kappa shape index (κ3) is 2.10. The summed E-state index contributed by atoms with van der Waals surface area (Å²) in [7, 11) is 0. The molecule has 0 aromatic carbocycles. The first-order valence-electron chi connectivity index (χ1n) is 5.04. The summed E-state index contributed by atoms with van der Waals surface area (Å²) < 4.78 is 5.17. The predicted molar refractivity (Wildman–Crippen MR) is 49.8 cm³/mol. The van der Waals surface area contributed by atoms with Crippen molar-refractivity contribution in [3.05, 3.63) is 0 Å². The Morgan fingerprint density at radius 2 is 2.07 bits per heavy atom. The van der Waals surface area contributed by atoms with Crippen LogP contribution in [0.3, 0.4) is 0 Å². The highest BCUT2D eigenvalue weighted by molar-refractivity contribution is 5.85. The van der Waals surface area contributed by atoms with E-state index in [-0.39, 0.29) is 12.3 Å². The molecule has 2 aliphatic rings. The van der Waals surface area contributed by atoms with Gasteiger partial charge in [0.25, 0.3) is 0 Å². The zero-order valence-corrected chi connectivity index (χ0v) is 8.39. The van der Waals surface area contributed by atoms with E-state index in [1.807, 2.05) is 5.01 Å². The van der Waals surface area contributed by atoms with Gasteiger partial charge in [0.2, 0.25) is 5.91 Å². The minimum atomic E-state index is -0.890. The Morgan fingerprint density at radius 3 is 2.60 bits per heavy atom. The van der Waals surface area contributed by atoms with Crippen molar-refractivity contribution < 1.29 is 19.4 Å². The van der Waals surface area contributed by atoms with Crippen molar-refractivity contribution in [2.24, 2.45) is 5.92 Å². The summed E-state index contributed by atoms with van der Waals surface area (Å²) in [6, 6.07) is 0. The summed E-state index contributed by atoms with van der Waals surface area (Å²) in [4.78, 5) is 22.3. The van der Waals surface area contributed by atoms with Gasteiger partial charge in [-0.2, -0.15) is 0 Å². The molecule has 2 fully saturated rings. The van der Waals surface area contributed by atoms with Crippen LogP contribution in [-0.4, -0.2) is 59.8 Å². The van der Waals surface area contributed by atoms with Gasteiger partial charge < -0.3 is 9.84 Å². The van der Waals surface area contributed by atoms with Gasteiger partial charge in [-0.1, -0.05) is 0 Å². The van der Waals surface area contributed by atoms with Gasteiger partial charge in [0.15, 0.2) is 0 Å². The molecule has 1 amide bonds. The number of carbonyl (C=O) groups is 2. The number of ether oxygens (including phenoxy) is 1. The van der Waals surface area contributed by atoms with E-state index in [0.717, 1.165) is 0 Å². The molecule has 6 nitrogen and oxygen atoms in total. The molecule has 0 aromatic heterocycles. The van der Waals surface area contributed by atoms with Crippen LogP contribution in [0.1, 0.15) is 6.42 Å². The van der Waals surface area contributed by atoms with E-state index in [2.05, 4.69) is 0 Å². The van der Waals surface area contributed by atoms with Crippen molar-refractivity contribution in [2.75, 3.05) is 32.8 Å². The van der Waals surface area contributed by atoms with E-state index in [0.29, 0.717) is 32.8 Å². The topological polar surface area (TPSA) is 70.1 Å². The van der Waals surface area contributed by atoms with Gasteiger partial charge in [-0.25, -0.2) is 5.01 Å². The quantitative estimate of drug-likeness (QED) is 0.649. The lowest BCUT2D eigenvalue weighted by atomic mass is 10.1. The van der Waals surface area contributed by atoms with Gasteiger partial charge in [-0.05, 0) is 0 Å². The van der Waals surface area contributed by atoms with Gasteiger partial charge in [-0.15, -0.1) is 0 Å². The fourth-order valence-corrected chi connectivity index (χ4v) is 1.93. The van der Waals surface area contributed by atoms with Crippen molar-refractivity contribution in [2.45, 2.75) is 6.42 Å². The predicted octanol–water partition coefficient (Wildman–Crippen LogP) is -0.833. The minimum Gasteiger partial charge on any atom is -0.481 e. The average molecular weight is 214 g/mol. The van der Waals surface area contributed by atoms with Crippen LogP contribution < -0.4 is 0 Å². The molecule has 1 N–H and O–H groups in total. The molecule has 2 rings (SSSR count). The van der Waals surface area contributed by atoms with Crippen molar-refractivity contribution in [1.82, 2.24) is 10.0 Å². The number of hydrogen-bond donors (Lipinski definition) is 1. The fraction of sp³-hybridized carbons (Fsp3) is 0.778. The van der Waals surface area contributed by atoms with E-state index in [4.69, 9.17) is 9.84 Å². The molecule has 1 atom stereocenters. The Labute approximate surface area is 87.4 Å². The second kappa shape index (κ2) is 4.16. The summed E-state index contributed by atoms with van der Waals surface area (Å²) in [5.41, 5.74) is 0. The number of aliphatic carboxylic acids is 1. The number of hydrogen-bond acceptors (Lipinski definition) is 4. The van der Waals surface area contributed by atoms with Crippen LogP contribution >= 0.6 is 0 Å². The number of morpholine rings is 1. The average Bonchev–Trinajstić information content (AvgIpc) is 2.62. The maximum atomic E-state index is 11.6. The van der Waals surface area contributed by atoms with E-state index >= 15 is 0 Å². The third-order valence-electron chi connectivity index (χ3n) is 2.78. The number of hydrazine groups is 1. The lowest BCUT2D eigenvalue weighted by Crippen LogP contribution is -2.49. The Morgan fingerprint density at radius 1 is 1.40 bits per heavy atom. The number of amides is 1. The summed E-state index contributed by atoms with van der Waals surface area (Å²) in [5, 5.41) is 12.3. The van der Waals surface area contributed by atoms with Crippen LogP contribution in [-0.2, 0) is 14.3 Å². The lowest BCUT2D eigenvalue weighted by Gasteiger charge is -2.34. The maximum Gasteiger partial charge on any atom is 0.308 e. The molecule has 0 bridgehead atoms. The van der Waals surface area contributed by atoms with Crippen molar-refractivity contribution in [1.29, 1.82) is 0 Å². The Bertz CT molecular complexity index is 275. The monoisotopic (exact) mass is 214 g/mol. The molecular formula is C9H14N2O4. The van der Waals surface area contributed by atoms with Gasteiger partial charge in [0, 0.05) is 19.5 Å². The molecule has 84 valence electrons. The van der Waals surface area contributed by atoms with Crippen LogP contribution in [0, 0.1) is 5.92 Å². The number of carboxylic acid groups (broad SMARTS) is 1. The molecule has 6 heteroatoms. The molecule has 0 spiro atoms. The summed E-state index contributed by atoms with van der Waals surface area (Å²) in [6.07, 6.45) is 0.118. The van der Waals surface area contributed by atoms with Gasteiger partial charge >= 0.3 is 5.97 Å². The highest BCUT2D eigenvalue weighted by atomic mass is 16.5. The summed E-state index contributed by atoms with van der Waals surface area (Å²) in [6.45, 7) is 2.83. The number of rotatable bonds is 2. The van der Waals surface area contributed by atoms with Crippen molar-refractivity contribution in [3.8, 4) is 0 Å². The Hall–Kier alpha value is -1.14. The first-order valence-corrected chi connectivity index (χ1v) is 5.04. The molecule has 0 radical (unpaired) electrons. The first-order chi connectivity index (χ1) is 7.18. The zero-order chi connectivity index (χ0) is 10.8. The molecular weight excluding hydrogens is 200 g/mol. The summed E-state index contributed by atoms with van der Waals surface area (Å²) >= 11 is 0. The number of carboxylic acids is 1. The normalized spacial score (nSPS) is 28.4. The second-order valence-corrected chi connectivity index (χ2v) is 3.78. The van der Waals surface area contributed by atoms with E-state index < -0.39 is 11.9 Å². The highest BCUT2D eigenvalue weighted by Crippen LogP contribution is 2.20. The SMILES string of the molecule is O=C(O)[C@H]1CC(=O)N(N2CCOCC2)C1. The van der Waals surface area contributed by atoms with Crippen LogP contribution in [0.2, 0.25) is 0 Å². The molecule has 15 heavy (non-hydrogen) atoms. The van der Waals surface area contributed by atoms with Crippen LogP contribution in [0.15, 0.2) is 0 Å². The standard InChI is InChI=1S/C9H14N2O4/c12-8-5-7(9(13)14)6-11(8)10-1-3-15-4-2-10/h7H,1-6H2,(H,13,14)/t7-/m0/s1. The molecule has 2 heterocycles. The van der Waals surface area contributed by atoms with Crippen LogP contribution in [0.25, 0.3) is 0 Å². The molecule has 0 aromatic rings. The Kier molecular flexibility index (Phi) is 2.88. The van der Waals surface area contributed by atoms with Gasteiger partial charge in [-0.3, -0.25) is 14.6 Å². The van der Waals surface area contributed by atoms with Crippen molar-refractivity contribution >= 4 is 11.9 Å². The van der Waals surface area contributed by atoms with E-state index in [1.54, 1.807) is 5.01 Å². The van der Waals surface area contributed by atoms with Crippen LogP contribution in [0.4, 0.5) is 0 Å². The van der Waals surface area contributed by atoms with Gasteiger partial charge in [0.05, 0.1) is 25.7 Å². The molecule has 0 unspecified atom stereocenters. The van der Waals surface area contributed by atoms with E-state index in [1.165, 1.54) is 0 Å².